The Morgan fingerprint density at radius 3 is 2.28 bits per heavy atom. The van der Waals surface area contributed by atoms with E-state index in [4.69, 9.17) is 4.98 Å². The van der Waals surface area contributed by atoms with Gasteiger partial charge < -0.3 is 40.7 Å². The summed E-state index contributed by atoms with van der Waals surface area (Å²) >= 11 is 3.20. The number of unbranched alkanes of at least 4 members (excludes halogenated alkanes) is 4. The molecule has 16 nitrogen and oxygen atoms in total. The number of benzene rings is 2. The van der Waals surface area contributed by atoms with Crippen LogP contribution in [0.2, 0.25) is 0 Å². The van der Waals surface area contributed by atoms with Crippen molar-refractivity contribution in [2.45, 2.75) is 154 Å². The van der Waals surface area contributed by atoms with Gasteiger partial charge in [0.25, 0.3) is 5.91 Å². The Bertz CT molecular complexity index is 3040. The van der Waals surface area contributed by atoms with Crippen molar-refractivity contribution < 1.29 is 24.3 Å². The van der Waals surface area contributed by atoms with Gasteiger partial charge in [-0.2, -0.15) is 0 Å². The van der Waals surface area contributed by atoms with Crippen LogP contribution in [0.25, 0.3) is 10.4 Å². The van der Waals surface area contributed by atoms with Gasteiger partial charge in [0.15, 0.2) is 11.5 Å². The summed E-state index contributed by atoms with van der Waals surface area (Å²) in [5, 5.41) is 29.6. The van der Waals surface area contributed by atoms with Crippen molar-refractivity contribution in [3.63, 3.8) is 0 Å². The average Bonchev–Trinajstić information content (AvgIpc) is 4.28. The van der Waals surface area contributed by atoms with E-state index in [9.17, 15) is 24.3 Å². The summed E-state index contributed by atoms with van der Waals surface area (Å²) in [5.41, 5.74) is 9.05. The summed E-state index contributed by atoms with van der Waals surface area (Å²) in [5.74, 6) is -0.576. The summed E-state index contributed by atoms with van der Waals surface area (Å²) in [6.07, 6.45) is 10.3. The van der Waals surface area contributed by atoms with Crippen LogP contribution >= 0.6 is 23.1 Å². The molecule has 18 heteroatoms. The zero-order chi connectivity index (χ0) is 57.6. The van der Waals surface area contributed by atoms with E-state index >= 15 is 0 Å². The fraction of sp³-hybridized carbons (Fsp3) is 0.524. The molecule has 9 rings (SSSR count). The second kappa shape index (κ2) is 25.5. The lowest BCUT2D eigenvalue weighted by Crippen LogP contribution is -2.58. The highest BCUT2D eigenvalue weighted by Gasteiger charge is 2.48. The first-order chi connectivity index (χ1) is 38.7. The van der Waals surface area contributed by atoms with Gasteiger partial charge in [0.2, 0.25) is 17.7 Å². The number of anilines is 3. The van der Waals surface area contributed by atoms with Gasteiger partial charge in [-0.1, -0.05) is 101 Å². The highest BCUT2D eigenvalue weighted by Crippen LogP contribution is 2.42. The zero-order valence-corrected chi connectivity index (χ0v) is 50.4. The Balaban J connectivity index is 0.657. The van der Waals surface area contributed by atoms with Crippen LogP contribution in [-0.4, -0.2) is 129 Å². The molecule has 0 radical (unpaired) electrons. The Labute approximate surface area is 487 Å². The molecule has 4 fully saturated rings. The topological polar surface area (TPSA) is 189 Å². The van der Waals surface area contributed by atoms with Crippen molar-refractivity contribution in [2.24, 2.45) is 16.2 Å². The normalized spacial score (nSPS) is 19.5. The first kappa shape index (κ1) is 59.4. The second-order valence-electron chi connectivity index (χ2n) is 24.8. The summed E-state index contributed by atoms with van der Waals surface area (Å²) in [4.78, 5) is 74.7. The highest BCUT2D eigenvalue weighted by molar-refractivity contribution is 7.99. The van der Waals surface area contributed by atoms with Crippen LogP contribution in [0.5, 0.6) is 0 Å². The number of allylic oxidation sites excluding steroid dienone is 1. The summed E-state index contributed by atoms with van der Waals surface area (Å²) in [6, 6.07) is 19.4. The number of hydrogen-bond donors (Lipinski definition) is 4. The van der Waals surface area contributed by atoms with Gasteiger partial charge in [0.1, 0.15) is 17.1 Å². The summed E-state index contributed by atoms with van der Waals surface area (Å²) in [6.45, 7) is 27.2. The minimum absolute atomic E-state index is 0.0210. The maximum absolute atomic E-state index is 14.3. The van der Waals surface area contributed by atoms with E-state index in [-0.39, 0.29) is 47.3 Å². The first-order valence-electron chi connectivity index (χ1n) is 29.0. The van der Waals surface area contributed by atoms with E-state index in [1.54, 1.807) is 29.2 Å². The van der Waals surface area contributed by atoms with Crippen LogP contribution in [0.3, 0.4) is 0 Å². The number of likely N-dealkylation sites (tertiary alicyclic amines) is 2. The number of β-amino-alcohol motifs (C(OH)–C–C–N with tert-alkyl or cyclic N) is 1. The molecular weight excluding hydrogens is 1050 g/mol. The summed E-state index contributed by atoms with van der Waals surface area (Å²) in [7, 11) is 0. The first-order valence-corrected chi connectivity index (χ1v) is 30.7. The Kier molecular flexibility index (Phi) is 18.7. The Hall–Kier alpha value is -6.21. The molecule has 2 aromatic carbocycles. The number of piperidine rings is 1. The van der Waals surface area contributed by atoms with Crippen molar-refractivity contribution in [1.29, 1.82) is 0 Å². The molecule has 0 bridgehead atoms. The molecular formula is C63H83N11O5S2. The van der Waals surface area contributed by atoms with Crippen molar-refractivity contribution in [3.8, 4) is 10.4 Å². The molecule has 4 saturated heterocycles. The van der Waals surface area contributed by atoms with E-state index in [0.29, 0.717) is 6.42 Å². The van der Waals surface area contributed by atoms with Gasteiger partial charge in [-0.25, -0.2) is 9.97 Å². The van der Waals surface area contributed by atoms with Gasteiger partial charge >= 0.3 is 0 Å². The molecule has 432 valence electrons. The smallest absolute Gasteiger partial charge is 0.272 e. The third kappa shape index (κ3) is 14.5. The number of aromatic nitrogens is 4. The number of aliphatic hydroxyl groups is 1. The van der Waals surface area contributed by atoms with Crippen molar-refractivity contribution in [2.75, 3.05) is 67.5 Å². The van der Waals surface area contributed by atoms with E-state index in [1.807, 2.05) is 94.9 Å². The standard InChI is InChI=1S/C63H83N11O5S2/c1-41(2)62(9)25-29-72(30-26-62)52-35-64-55(32-42(52)3)81-49-17-15-16-47(33-49)67-54(76)18-13-11-10-12-14-28-71-37-63(38-71)27-31-73(39-63)53-24-23-50(69-70-53)58(77)68-57(61(6,7)8)60(79)74-36-48(75)34-51(74)59(78)66-43(4)45-19-21-46(22-20-45)56-44(5)65-40-80-56/h15-17,19-24,32-33,35,40,43,48,51,57,75H,1,10-14,18,25-31,34,36-39H2,2-9H3,(H,66,78)(H,67,76)(H,68,77)/t43-,48+,51-,57+/m0/s1. The molecule has 1 spiro atoms. The van der Waals surface area contributed by atoms with Gasteiger partial charge in [0, 0.05) is 74.7 Å². The van der Waals surface area contributed by atoms with Crippen molar-refractivity contribution >= 4 is 63.9 Å². The molecule has 7 heterocycles. The quantitative estimate of drug-likeness (QED) is 0.0402. The van der Waals surface area contributed by atoms with Gasteiger partial charge in [-0.05, 0) is 130 Å². The van der Waals surface area contributed by atoms with E-state index in [2.05, 4.69) is 85.3 Å². The average molecular weight is 1140 g/mol. The fourth-order valence-corrected chi connectivity index (χ4v) is 13.7. The molecule has 4 aliphatic rings. The SMILES string of the molecule is C=C(C)C1(C)CCN(c2cnc(Sc3cccc(NC(=O)CCCCCCCN4CC5(CCN(c6ccc(C(=O)N[C@H](C(=O)N7C[C@H](O)C[C@H]7C(=O)N[C@@H](C)c7ccc(-c8scnc8C)cc7)C(C)(C)C)nn6)C5)C4)c3)cc2C)CC1. The van der Waals surface area contributed by atoms with E-state index < -0.39 is 35.4 Å². The molecule has 4 atom stereocenters. The maximum atomic E-state index is 14.3. The number of thiazole rings is 1. The number of rotatable bonds is 21. The monoisotopic (exact) mass is 1140 g/mol. The number of nitrogens with zero attached hydrogens (tertiary/aromatic N) is 8. The lowest BCUT2D eigenvalue weighted by molar-refractivity contribution is -0.142. The number of carbonyl (C=O) groups is 4. The van der Waals surface area contributed by atoms with Crippen LogP contribution < -0.4 is 25.8 Å². The lowest BCUT2D eigenvalue weighted by Gasteiger charge is -2.48. The van der Waals surface area contributed by atoms with Gasteiger partial charge in [-0.3, -0.25) is 19.2 Å². The Morgan fingerprint density at radius 1 is 0.877 bits per heavy atom. The number of amides is 4. The largest absolute Gasteiger partial charge is 0.391 e. The number of pyridine rings is 1. The molecule has 4 amide bonds. The highest BCUT2D eigenvalue weighted by atomic mass is 32.2. The van der Waals surface area contributed by atoms with Crippen molar-refractivity contribution in [3.05, 3.63) is 113 Å². The van der Waals surface area contributed by atoms with Crippen LogP contribution in [0.1, 0.15) is 139 Å². The van der Waals surface area contributed by atoms with E-state index in [1.165, 1.54) is 21.7 Å². The lowest BCUT2D eigenvalue weighted by atomic mass is 9.75. The molecule has 4 aliphatic heterocycles. The Morgan fingerprint density at radius 2 is 1.60 bits per heavy atom. The molecule has 0 aliphatic carbocycles. The minimum Gasteiger partial charge on any atom is -0.391 e. The number of aliphatic hydroxyl groups excluding tert-OH is 1. The maximum Gasteiger partial charge on any atom is 0.272 e. The summed E-state index contributed by atoms with van der Waals surface area (Å²) < 4.78 is 0. The molecule has 3 aromatic heterocycles. The van der Waals surface area contributed by atoms with E-state index in [0.717, 1.165) is 140 Å². The predicted octanol–water partition coefficient (Wildman–Crippen LogP) is 10.4. The van der Waals surface area contributed by atoms with Crippen LogP contribution in [-0.2, 0) is 14.4 Å². The number of nitrogens with one attached hydrogen (secondary N) is 3. The third-order valence-corrected chi connectivity index (χ3v) is 19.2. The number of carbonyl (C=O) groups excluding carboxylic acids is 4. The molecule has 0 unspecified atom stereocenters. The molecule has 81 heavy (non-hydrogen) atoms. The number of hydrogen-bond acceptors (Lipinski definition) is 14. The minimum atomic E-state index is -1.01. The van der Waals surface area contributed by atoms with Gasteiger partial charge in [0.05, 0.1) is 40.1 Å². The molecule has 4 N–H and O–H groups in total. The second-order valence-corrected chi connectivity index (χ2v) is 26.7. The molecule has 0 saturated carbocycles. The van der Waals surface area contributed by atoms with Gasteiger partial charge in [-0.15, -0.1) is 21.5 Å². The predicted molar refractivity (Wildman–Crippen MR) is 324 cm³/mol. The van der Waals surface area contributed by atoms with Crippen LogP contribution in [0.4, 0.5) is 17.2 Å². The number of aryl methyl sites for hydroxylation is 2. The van der Waals surface area contributed by atoms with Crippen LogP contribution in [0.15, 0.2) is 101 Å². The zero-order valence-electron chi connectivity index (χ0n) is 48.7. The van der Waals surface area contributed by atoms with Crippen LogP contribution in [0, 0.1) is 30.1 Å². The fourth-order valence-electron chi connectivity index (χ4n) is 12.0. The molecule has 5 aromatic rings. The van der Waals surface area contributed by atoms with Crippen molar-refractivity contribution in [1.82, 2.24) is 40.6 Å². The third-order valence-electron chi connectivity index (χ3n) is 17.3.